The highest BCUT2D eigenvalue weighted by molar-refractivity contribution is 6.32. The molecule has 0 bridgehead atoms. The number of hydrogen-bond donors (Lipinski definition) is 0. The molecule has 0 aliphatic carbocycles. The lowest BCUT2D eigenvalue weighted by Gasteiger charge is -1.99. The average Bonchev–Trinajstić information content (AvgIpc) is 3.22. The second kappa shape index (κ2) is 6.18. The number of aromatic nitrogens is 4. The van der Waals surface area contributed by atoms with Crippen molar-refractivity contribution in [2.75, 3.05) is 0 Å². The van der Waals surface area contributed by atoms with Gasteiger partial charge in [-0.2, -0.15) is 5.10 Å². The molecule has 0 amide bonds. The van der Waals surface area contributed by atoms with E-state index < -0.39 is 0 Å². The van der Waals surface area contributed by atoms with Crippen LogP contribution in [0, 0.1) is 6.92 Å². The maximum Gasteiger partial charge on any atom is 0.253 e. The summed E-state index contributed by atoms with van der Waals surface area (Å²) in [6.45, 7) is 2.03. The zero-order chi connectivity index (χ0) is 17.4. The fourth-order valence-corrected chi connectivity index (χ4v) is 2.84. The van der Waals surface area contributed by atoms with Gasteiger partial charge in [-0.3, -0.25) is 4.68 Å². The van der Waals surface area contributed by atoms with E-state index in [2.05, 4.69) is 15.3 Å². The molecule has 0 saturated carbocycles. The minimum absolute atomic E-state index is 0.354. The van der Waals surface area contributed by atoms with Crippen LogP contribution >= 0.6 is 11.6 Å². The van der Waals surface area contributed by atoms with Crippen LogP contribution in [-0.4, -0.2) is 20.0 Å². The molecule has 2 aromatic heterocycles. The number of aryl methyl sites for hydroxylation is 2. The minimum Gasteiger partial charge on any atom is -0.416 e. The van der Waals surface area contributed by atoms with Gasteiger partial charge in [-0.1, -0.05) is 59.6 Å². The molecule has 6 heteroatoms. The van der Waals surface area contributed by atoms with E-state index in [0.29, 0.717) is 28.2 Å². The Balaban J connectivity index is 1.82. The van der Waals surface area contributed by atoms with Crippen molar-refractivity contribution < 1.29 is 4.42 Å². The molecular formula is C19H15ClN4O. The molecule has 0 radical (unpaired) electrons. The van der Waals surface area contributed by atoms with Crippen molar-refractivity contribution in [2.45, 2.75) is 6.92 Å². The standard InChI is InChI=1S/C19H15ClN4O/c1-12-8-10-14(11-9-12)18-21-22-19(25-18)15-16(23-24(2)17(15)20)13-6-4-3-5-7-13/h3-11H,1-2H3. The summed E-state index contributed by atoms with van der Waals surface area (Å²) < 4.78 is 7.50. The third-order valence-electron chi connectivity index (χ3n) is 3.96. The van der Waals surface area contributed by atoms with E-state index in [-0.39, 0.29) is 0 Å². The second-order valence-electron chi connectivity index (χ2n) is 5.78. The predicted octanol–water partition coefficient (Wildman–Crippen LogP) is 4.77. The van der Waals surface area contributed by atoms with E-state index in [1.54, 1.807) is 11.7 Å². The number of halogens is 1. The number of benzene rings is 2. The van der Waals surface area contributed by atoms with Crippen LogP contribution in [0.15, 0.2) is 59.0 Å². The molecule has 4 aromatic rings. The van der Waals surface area contributed by atoms with E-state index in [9.17, 15) is 0 Å². The van der Waals surface area contributed by atoms with Crippen molar-refractivity contribution >= 4 is 11.6 Å². The Morgan fingerprint density at radius 2 is 1.56 bits per heavy atom. The van der Waals surface area contributed by atoms with Crippen LogP contribution < -0.4 is 0 Å². The van der Waals surface area contributed by atoms with Crippen LogP contribution in [0.5, 0.6) is 0 Å². The summed E-state index contributed by atoms with van der Waals surface area (Å²) in [6, 6.07) is 17.7. The molecule has 4 rings (SSSR count). The first-order valence-corrected chi connectivity index (χ1v) is 8.20. The molecule has 0 atom stereocenters. The molecule has 0 aliphatic rings. The molecule has 0 spiro atoms. The van der Waals surface area contributed by atoms with Crippen molar-refractivity contribution in [3.05, 3.63) is 65.3 Å². The van der Waals surface area contributed by atoms with E-state index >= 15 is 0 Å². The number of hydrogen-bond acceptors (Lipinski definition) is 4. The van der Waals surface area contributed by atoms with Crippen molar-refractivity contribution in [1.29, 1.82) is 0 Å². The third-order valence-corrected chi connectivity index (χ3v) is 4.40. The summed E-state index contributed by atoms with van der Waals surface area (Å²) in [5, 5.41) is 13.3. The van der Waals surface area contributed by atoms with E-state index in [1.165, 1.54) is 5.56 Å². The first-order valence-electron chi connectivity index (χ1n) is 7.82. The summed E-state index contributed by atoms with van der Waals surface area (Å²) in [5.41, 5.74) is 4.33. The average molecular weight is 351 g/mol. The van der Waals surface area contributed by atoms with E-state index in [1.807, 2.05) is 61.5 Å². The van der Waals surface area contributed by atoms with Crippen molar-refractivity contribution in [3.63, 3.8) is 0 Å². The fraction of sp³-hybridized carbons (Fsp3) is 0.105. The molecular weight excluding hydrogens is 336 g/mol. The van der Waals surface area contributed by atoms with Crippen LogP contribution in [0.3, 0.4) is 0 Å². The van der Waals surface area contributed by atoms with E-state index in [0.717, 1.165) is 11.1 Å². The monoisotopic (exact) mass is 350 g/mol. The van der Waals surface area contributed by atoms with Gasteiger partial charge in [-0.25, -0.2) is 0 Å². The highest BCUT2D eigenvalue weighted by Crippen LogP contribution is 2.37. The van der Waals surface area contributed by atoms with Gasteiger partial charge < -0.3 is 4.42 Å². The summed E-state index contributed by atoms with van der Waals surface area (Å²) >= 11 is 6.45. The van der Waals surface area contributed by atoms with Crippen LogP contribution in [0.25, 0.3) is 34.2 Å². The van der Waals surface area contributed by atoms with Crippen LogP contribution in [-0.2, 0) is 7.05 Å². The molecule has 0 aliphatic heterocycles. The molecule has 2 heterocycles. The van der Waals surface area contributed by atoms with Gasteiger partial charge >= 0.3 is 0 Å². The third kappa shape index (κ3) is 2.83. The first kappa shape index (κ1) is 15.6. The smallest absolute Gasteiger partial charge is 0.253 e. The molecule has 25 heavy (non-hydrogen) atoms. The quantitative estimate of drug-likeness (QED) is 0.534. The summed E-state index contributed by atoms with van der Waals surface area (Å²) in [5.74, 6) is 0.807. The largest absolute Gasteiger partial charge is 0.416 e. The van der Waals surface area contributed by atoms with Crippen molar-refractivity contribution in [1.82, 2.24) is 20.0 Å². The van der Waals surface area contributed by atoms with Gasteiger partial charge in [0.1, 0.15) is 16.4 Å². The lowest BCUT2D eigenvalue weighted by Crippen LogP contribution is -1.89. The molecule has 0 saturated heterocycles. The van der Waals surface area contributed by atoms with Gasteiger partial charge in [0.2, 0.25) is 5.89 Å². The fourth-order valence-electron chi connectivity index (χ4n) is 2.63. The summed E-state index contributed by atoms with van der Waals surface area (Å²) in [7, 11) is 1.79. The van der Waals surface area contributed by atoms with Gasteiger partial charge in [0.05, 0.1) is 0 Å². The van der Waals surface area contributed by atoms with Gasteiger partial charge in [-0.05, 0) is 19.1 Å². The van der Waals surface area contributed by atoms with Crippen LogP contribution in [0.4, 0.5) is 0 Å². The molecule has 0 N–H and O–H groups in total. The second-order valence-corrected chi connectivity index (χ2v) is 6.14. The number of nitrogens with zero attached hydrogens (tertiary/aromatic N) is 4. The maximum absolute atomic E-state index is 6.45. The zero-order valence-electron chi connectivity index (χ0n) is 13.8. The normalized spacial score (nSPS) is 11.0. The SMILES string of the molecule is Cc1ccc(-c2nnc(-c3c(-c4ccccc4)nn(C)c3Cl)o2)cc1. The zero-order valence-corrected chi connectivity index (χ0v) is 14.5. The van der Waals surface area contributed by atoms with Gasteiger partial charge in [0, 0.05) is 18.2 Å². The lowest BCUT2D eigenvalue weighted by molar-refractivity contribution is 0.584. The first-order chi connectivity index (χ1) is 12.1. The van der Waals surface area contributed by atoms with E-state index in [4.69, 9.17) is 16.0 Å². The topological polar surface area (TPSA) is 56.7 Å². The molecule has 0 fully saturated rings. The van der Waals surface area contributed by atoms with Crippen LogP contribution in [0.2, 0.25) is 5.15 Å². The Labute approximate surface area is 149 Å². The highest BCUT2D eigenvalue weighted by Gasteiger charge is 2.23. The Bertz CT molecular complexity index is 1020. The molecule has 0 unspecified atom stereocenters. The van der Waals surface area contributed by atoms with Gasteiger partial charge in [0.25, 0.3) is 5.89 Å². The minimum atomic E-state index is 0.354. The summed E-state index contributed by atoms with van der Waals surface area (Å²) in [4.78, 5) is 0. The van der Waals surface area contributed by atoms with Gasteiger partial charge in [0.15, 0.2) is 0 Å². The predicted molar refractivity (Wildman–Crippen MR) is 97.1 cm³/mol. The Kier molecular flexibility index (Phi) is 3.86. The molecule has 5 nitrogen and oxygen atoms in total. The van der Waals surface area contributed by atoms with Gasteiger partial charge in [-0.15, -0.1) is 10.2 Å². The highest BCUT2D eigenvalue weighted by atomic mass is 35.5. The molecule has 124 valence electrons. The molecule has 2 aromatic carbocycles. The lowest BCUT2D eigenvalue weighted by atomic mass is 10.1. The van der Waals surface area contributed by atoms with Crippen molar-refractivity contribution in [3.8, 4) is 34.2 Å². The number of rotatable bonds is 3. The Morgan fingerprint density at radius 3 is 2.28 bits per heavy atom. The Hall–Kier alpha value is -2.92. The van der Waals surface area contributed by atoms with Crippen molar-refractivity contribution in [2.24, 2.45) is 7.05 Å². The van der Waals surface area contributed by atoms with Crippen LogP contribution in [0.1, 0.15) is 5.56 Å². The maximum atomic E-state index is 6.45. The summed E-state index contributed by atoms with van der Waals surface area (Å²) in [6.07, 6.45) is 0. The Morgan fingerprint density at radius 1 is 0.880 bits per heavy atom.